The molecule has 15 heavy (non-hydrogen) atoms. The van der Waals surface area contributed by atoms with Crippen LogP contribution in [-0.2, 0) is 19.1 Å². The van der Waals surface area contributed by atoms with Crippen molar-refractivity contribution in [1.82, 2.24) is 0 Å². The van der Waals surface area contributed by atoms with E-state index in [0.29, 0.717) is 5.57 Å². The van der Waals surface area contributed by atoms with E-state index in [2.05, 4.69) is 22.6 Å². The largest absolute Gasteiger partial charge is 0.465 e. The highest BCUT2D eigenvalue weighted by molar-refractivity contribution is 6.07. The molecular formula is C11H14O4. The number of carbonyl (C=O) groups is 2. The van der Waals surface area contributed by atoms with E-state index in [1.165, 1.54) is 20.3 Å². The molecular weight excluding hydrogens is 196 g/mol. The van der Waals surface area contributed by atoms with Crippen molar-refractivity contribution in [2.45, 2.75) is 6.92 Å². The van der Waals surface area contributed by atoms with Gasteiger partial charge < -0.3 is 9.47 Å². The number of carbonyl (C=O) groups excluding carboxylic acids is 2. The second-order valence-electron chi connectivity index (χ2n) is 2.72. The summed E-state index contributed by atoms with van der Waals surface area (Å²) in [6, 6.07) is 0. The molecule has 0 radical (unpaired) electrons. The third-order valence-electron chi connectivity index (χ3n) is 1.82. The van der Waals surface area contributed by atoms with Gasteiger partial charge in [-0.05, 0) is 12.5 Å². The Labute approximate surface area is 88.9 Å². The van der Waals surface area contributed by atoms with Gasteiger partial charge in [-0.3, -0.25) is 0 Å². The fourth-order valence-corrected chi connectivity index (χ4v) is 0.952. The van der Waals surface area contributed by atoms with Crippen molar-refractivity contribution >= 4 is 11.9 Å². The molecule has 0 fully saturated rings. The van der Waals surface area contributed by atoms with Crippen molar-refractivity contribution in [3.63, 3.8) is 0 Å². The van der Waals surface area contributed by atoms with E-state index in [0.717, 1.165) is 0 Å². The van der Waals surface area contributed by atoms with Crippen LogP contribution in [0.15, 0.2) is 36.0 Å². The quantitative estimate of drug-likeness (QED) is 0.399. The first kappa shape index (κ1) is 13.2. The smallest absolute Gasteiger partial charge is 0.338 e. The molecule has 0 aromatic carbocycles. The number of hydrogen-bond acceptors (Lipinski definition) is 4. The molecule has 0 saturated carbocycles. The van der Waals surface area contributed by atoms with Crippen LogP contribution in [0, 0.1) is 0 Å². The molecule has 0 aromatic heterocycles. The number of esters is 2. The van der Waals surface area contributed by atoms with Crippen molar-refractivity contribution in [2.75, 3.05) is 14.2 Å². The van der Waals surface area contributed by atoms with E-state index in [1.54, 1.807) is 6.92 Å². The summed E-state index contributed by atoms with van der Waals surface area (Å²) < 4.78 is 9.01. The number of rotatable bonds is 4. The van der Waals surface area contributed by atoms with Gasteiger partial charge in [0.2, 0.25) is 0 Å². The molecule has 0 aliphatic carbocycles. The van der Waals surface area contributed by atoms with E-state index in [-0.39, 0.29) is 11.1 Å². The summed E-state index contributed by atoms with van der Waals surface area (Å²) in [6.07, 6.45) is 1.44. The maximum absolute atomic E-state index is 11.4. The summed E-state index contributed by atoms with van der Waals surface area (Å²) in [6.45, 7) is 8.62. The van der Waals surface area contributed by atoms with E-state index >= 15 is 0 Å². The van der Waals surface area contributed by atoms with Crippen molar-refractivity contribution in [1.29, 1.82) is 0 Å². The second-order valence-corrected chi connectivity index (χ2v) is 2.72. The lowest BCUT2D eigenvalue weighted by molar-refractivity contribution is -0.139. The highest BCUT2D eigenvalue weighted by atomic mass is 16.5. The molecule has 0 aromatic rings. The summed E-state index contributed by atoms with van der Waals surface area (Å²) in [5.41, 5.74) is 0.554. The van der Waals surface area contributed by atoms with Gasteiger partial charge in [0.25, 0.3) is 0 Å². The maximum atomic E-state index is 11.4. The molecule has 0 spiro atoms. The summed E-state index contributed by atoms with van der Waals surface area (Å²) in [5, 5.41) is 0. The Hall–Kier alpha value is -1.84. The Morgan fingerprint density at radius 3 is 1.93 bits per heavy atom. The SMILES string of the molecule is C=C/C(C)=C(\C(=C)C(=O)OC)C(=O)OC. The monoisotopic (exact) mass is 210 g/mol. The minimum atomic E-state index is -0.670. The lowest BCUT2D eigenvalue weighted by Gasteiger charge is -2.09. The molecule has 82 valence electrons. The molecule has 0 aliphatic rings. The van der Waals surface area contributed by atoms with E-state index in [1.807, 2.05) is 0 Å². The Morgan fingerprint density at radius 2 is 1.60 bits per heavy atom. The van der Waals surface area contributed by atoms with Crippen molar-refractivity contribution < 1.29 is 19.1 Å². The van der Waals surface area contributed by atoms with Gasteiger partial charge in [-0.15, -0.1) is 0 Å². The fourth-order valence-electron chi connectivity index (χ4n) is 0.952. The second kappa shape index (κ2) is 5.80. The van der Waals surface area contributed by atoms with Gasteiger partial charge in [-0.1, -0.05) is 19.2 Å². The van der Waals surface area contributed by atoms with Gasteiger partial charge in [0, 0.05) is 0 Å². The van der Waals surface area contributed by atoms with Gasteiger partial charge in [0.1, 0.15) is 0 Å². The van der Waals surface area contributed by atoms with E-state index < -0.39 is 11.9 Å². The van der Waals surface area contributed by atoms with E-state index in [4.69, 9.17) is 0 Å². The molecule has 0 N–H and O–H groups in total. The van der Waals surface area contributed by atoms with Crippen molar-refractivity contribution in [3.8, 4) is 0 Å². The molecule has 0 saturated heterocycles. The maximum Gasteiger partial charge on any atom is 0.338 e. The zero-order valence-electron chi connectivity index (χ0n) is 9.12. The molecule has 0 amide bonds. The van der Waals surface area contributed by atoms with Crippen LogP contribution in [-0.4, -0.2) is 26.2 Å². The zero-order chi connectivity index (χ0) is 12.0. The van der Waals surface area contributed by atoms with Crippen molar-refractivity contribution in [2.24, 2.45) is 0 Å². The highest BCUT2D eigenvalue weighted by Crippen LogP contribution is 2.17. The first-order chi connectivity index (χ1) is 6.99. The van der Waals surface area contributed by atoms with E-state index in [9.17, 15) is 9.59 Å². The van der Waals surface area contributed by atoms with Crippen molar-refractivity contribution in [3.05, 3.63) is 36.0 Å². The van der Waals surface area contributed by atoms with Gasteiger partial charge in [0.15, 0.2) is 0 Å². The predicted octanol–water partition coefficient (Wildman–Crippen LogP) is 1.39. The Bertz CT molecular complexity index is 336. The number of allylic oxidation sites excluding steroid dienone is 2. The summed E-state index contributed by atoms with van der Waals surface area (Å²) in [7, 11) is 2.44. The molecule has 0 bridgehead atoms. The highest BCUT2D eigenvalue weighted by Gasteiger charge is 2.21. The number of methoxy groups -OCH3 is 2. The molecule has 0 unspecified atom stereocenters. The van der Waals surface area contributed by atoms with Crippen LogP contribution in [0.2, 0.25) is 0 Å². The molecule has 0 heterocycles. The number of hydrogen-bond donors (Lipinski definition) is 0. The first-order valence-electron chi connectivity index (χ1n) is 4.18. The van der Waals surface area contributed by atoms with Gasteiger partial charge >= 0.3 is 11.9 Å². The van der Waals surface area contributed by atoms with Gasteiger partial charge in [-0.25, -0.2) is 9.59 Å². The van der Waals surface area contributed by atoms with Gasteiger partial charge in [-0.2, -0.15) is 0 Å². The molecule has 0 rings (SSSR count). The molecule has 4 heteroatoms. The Balaban J connectivity index is 5.33. The topological polar surface area (TPSA) is 52.6 Å². The predicted molar refractivity (Wildman–Crippen MR) is 56.1 cm³/mol. The molecule has 0 atom stereocenters. The minimum Gasteiger partial charge on any atom is -0.465 e. The molecule has 0 aliphatic heterocycles. The van der Waals surface area contributed by atoms with Crippen LogP contribution in [0.5, 0.6) is 0 Å². The normalized spacial score (nSPS) is 11.1. The molecule has 4 nitrogen and oxygen atoms in total. The fraction of sp³-hybridized carbons (Fsp3) is 0.273. The van der Waals surface area contributed by atoms with Crippen LogP contribution in [0.25, 0.3) is 0 Å². The summed E-state index contributed by atoms with van der Waals surface area (Å²) in [4.78, 5) is 22.6. The average molecular weight is 210 g/mol. The average Bonchev–Trinajstić information content (AvgIpc) is 2.27. The van der Waals surface area contributed by atoms with Crippen LogP contribution in [0.1, 0.15) is 6.92 Å². The summed E-state index contributed by atoms with van der Waals surface area (Å²) >= 11 is 0. The third kappa shape index (κ3) is 3.09. The third-order valence-corrected chi connectivity index (χ3v) is 1.82. The minimum absolute atomic E-state index is 0.0400. The first-order valence-corrected chi connectivity index (χ1v) is 4.18. The lowest BCUT2D eigenvalue weighted by atomic mass is 10.0. The number of ether oxygens (including phenoxy) is 2. The van der Waals surface area contributed by atoms with Crippen LogP contribution < -0.4 is 0 Å². The van der Waals surface area contributed by atoms with Crippen LogP contribution in [0.4, 0.5) is 0 Å². The standard InChI is InChI=1S/C11H14O4/c1-6-7(2)9(11(13)15-5)8(3)10(12)14-4/h6H,1,3H2,2,4-5H3/b9-7+. The van der Waals surface area contributed by atoms with Crippen LogP contribution >= 0.6 is 0 Å². The summed E-state index contributed by atoms with van der Waals surface area (Å²) in [5.74, 6) is -1.31. The zero-order valence-corrected chi connectivity index (χ0v) is 9.12. The Kier molecular flexibility index (Phi) is 5.09. The Morgan fingerprint density at radius 1 is 1.13 bits per heavy atom. The van der Waals surface area contributed by atoms with Gasteiger partial charge in [0.05, 0.1) is 25.4 Å². The lowest BCUT2D eigenvalue weighted by Crippen LogP contribution is -2.15. The van der Waals surface area contributed by atoms with Crippen LogP contribution in [0.3, 0.4) is 0 Å².